The molecule has 0 aliphatic carbocycles. The van der Waals surface area contributed by atoms with Crippen LogP contribution in [0.15, 0.2) is 16.9 Å². The van der Waals surface area contributed by atoms with Gasteiger partial charge in [0.05, 0.1) is 10.2 Å². The topological polar surface area (TPSA) is 80.5 Å². The van der Waals surface area contributed by atoms with Crippen LogP contribution in [0.25, 0.3) is 11.6 Å². The molecule has 2 rings (SSSR count). The van der Waals surface area contributed by atoms with Crippen molar-refractivity contribution in [3.8, 4) is 11.6 Å². The van der Waals surface area contributed by atoms with Crippen LogP contribution in [0, 0.1) is 0 Å². The highest BCUT2D eigenvalue weighted by Gasteiger charge is 2.23. The van der Waals surface area contributed by atoms with Crippen LogP contribution in [0.1, 0.15) is 26.5 Å². The van der Waals surface area contributed by atoms with E-state index in [1.54, 1.807) is 12.4 Å². The van der Waals surface area contributed by atoms with Gasteiger partial charge in [0.25, 0.3) is 0 Å². The van der Waals surface area contributed by atoms with E-state index in [0.29, 0.717) is 17.5 Å². The minimum Gasteiger partial charge on any atom is -0.383 e. The second-order valence-corrected chi connectivity index (χ2v) is 5.58. The first kappa shape index (κ1) is 12.0. The molecule has 2 aromatic rings. The van der Waals surface area contributed by atoms with E-state index in [0.717, 1.165) is 10.2 Å². The lowest BCUT2D eigenvalue weighted by Crippen LogP contribution is -2.17. The molecule has 0 aromatic carbocycles. The van der Waals surface area contributed by atoms with E-state index in [2.05, 4.69) is 56.6 Å². The van der Waals surface area contributed by atoms with Crippen molar-refractivity contribution in [2.24, 2.45) is 0 Å². The van der Waals surface area contributed by atoms with Crippen molar-refractivity contribution in [1.82, 2.24) is 19.9 Å². The lowest BCUT2D eigenvalue weighted by atomic mass is 9.92. The molecule has 2 aromatic heterocycles. The van der Waals surface area contributed by atoms with Crippen LogP contribution in [0.3, 0.4) is 0 Å². The number of aromatic nitrogens is 4. The van der Waals surface area contributed by atoms with E-state index in [-0.39, 0.29) is 5.41 Å². The molecule has 0 saturated heterocycles. The van der Waals surface area contributed by atoms with E-state index < -0.39 is 0 Å². The summed E-state index contributed by atoms with van der Waals surface area (Å²) in [4.78, 5) is 15.8. The fourth-order valence-electron chi connectivity index (χ4n) is 1.45. The zero-order valence-corrected chi connectivity index (χ0v) is 11.5. The fraction of sp³-hybridized carbons (Fsp3) is 0.364. The predicted octanol–water partition coefficient (Wildman–Crippen LogP) is 2.51. The molecular weight excluding hydrogens is 282 g/mol. The maximum Gasteiger partial charge on any atom is 0.197 e. The molecule has 0 bridgehead atoms. The van der Waals surface area contributed by atoms with Crippen molar-refractivity contribution in [3.63, 3.8) is 0 Å². The van der Waals surface area contributed by atoms with E-state index >= 15 is 0 Å². The zero-order valence-electron chi connectivity index (χ0n) is 9.95. The summed E-state index contributed by atoms with van der Waals surface area (Å²) in [5.41, 5.74) is 6.64. The summed E-state index contributed by atoms with van der Waals surface area (Å²) in [6, 6.07) is 0. The summed E-state index contributed by atoms with van der Waals surface area (Å²) in [5.74, 6) is 1.56. The number of nitrogens with two attached hydrogens (primary N) is 1. The van der Waals surface area contributed by atoms with E-state index in [4.69, 9.17) is 5.73 Å². The summed E-state index contributed by atoms with van der Waals surface area (Å²) < 4.78 is 0.750. The summed E-state index contributed by atoms with van der Waals surface area (Å²) in [6.45, 7) is 6.22. The number of aromatic amines is 1. The minimum absolute atomic E-state index is 0.114. The van der Waals surface area contributed by atoms with Gasteiger partial charge < -0.3 is 10.7 Å². The second kappa shape index (κ2) is 4.10. The molecule has 5 nitrogen and oxygen atoms in total. The Bertz CT molecular complexity index is 528. The molecule has 0 radical (unpaired) electrons. The first-order valence-corrected chi connectivity index (χ1v) is 6.02. The molecule has 0 aliphatic heterocycles. The maximum atomic E-state index is 5.88. The van der Waals surface area contributed by atoms with Gasteiger partial charge in [-0.25, -0.2) is 15.0 Å². The van der Waals surface area contributed by atoms with Gasteiger partial charge in [0, 0.05) is 17.8 Å². The average Bonchev–Trinajstić information content (AvgIpc) is 2.73. The summed E-state index contributed by atoms with van der Waals surface area (Å²) in [5, 5.41) is 0. The molecule has 90 valence electrons. The van der Waals surface area contributed by atoms with Gasteiger partial charge in [-0.05, 0) is 15.9 Å². The molecule has 0 aliphatic rings. The highest BCUT2D eigenvalue weighted by Crippen LogP contribution is 2.32. The number of H-pyrrole nitrogens is 1. The van der Waals surface area contributed by atoms with Crippen LogP contribution in [-0.4, -0.2) is 19.9 Å². The SMILES string of the molecule is CC(C)(C)c1nc(-c2ncc[nH]2)nc(N)c1Br. The lowest BCUT2D eigenvalue weighted by molar-refractivity contribution is 0.564. The average molecular weight is 296 g/mol. The highest BCUT2D eigenvalue weighted by molar-refractivity contribution is 9.10. The number of rotatable bonds is 1. The zero-order chi connectivity index (χ0) is 12.6. The monoisotopic (exact) mass is 295 g/mol. The Labute approximate surface area is 108 Å². The van der Waals surface area contributed by atoms with E-state index in [9.17, 15) is 0 Å². The lowest BCUT2D eigenvalue weighted by Gasteiger charge is -2.20. The Kier molecular flexibility index (Phi) is 2.91. The van der Waals surface area contributed by atoms with Gasteiger partial charge in [-0.1, -0.05) is 20.8 Å². The van der Waals surface area contributed by atoms with Gasteiger partial charge in [-0.15, -0.1) is 0 Å². The second-order valence-electron chi connectivity index (χ2n) is 4.78. The molecule has 0 saturated carbocycles. The number of hydrogen-bond acceptors (Lipinski definition) is 4. The highest BCUT2D eigenvalue weighted by atomic mass is 79.9. The van der Waals surface area contributed by atoms with Crippen molar-refractivity contribution in [3.05, 3.63) is 22.6 Å². The summed E-state index contributed by atoms with van der Waals surface area (Å²) in [7, 11) is 0. The molecule has 0 spiro atoms. The van der Waals surface area contributed by atoms with Crippen molar-refractivity contribution in [2.45, 2.75) is 26.2 Å². The third-order valence-electron chi connectivity index (χ3n) is 2.30. The number of nitrogens with one attached hydrogen (secondary N) is 1. The van der Waals surface area contributed by atoms with Crippen LogP contribution >= 0.6 is 15.9 Å². The van der Waals surface area contributed by atoms with Gasteiger partial charge >= 0.3 is 0 Å². The molecule has 0 amide bonds. The van der Waals surface area contributed by atoms with Gasteiger partial charge in [0.2, 0.25) is 0 Å². The molecule has 0 fully saturated rings. The Morgan fingerprint density at radius 2 is 2.00 bits per heavy atom. The van der Waals surface area contributed by atoms with E-state index in [1.807, 2.05) is 0 Å². The quantitative estimate of drug-likeness (QED) is 0.847. The number of halogens is 1. The molecule has 6 heteroatoms. The smallest absolute Gasteiger partial charge is 0.197 e. The van der Waals surface area contributed by atoms with E-state index in [1.165, 1.54) is 0 Å². The third-order valence-corrected chi connectivity index (χ3v) is 3.08. The van der Waals surface area contributed by atoms with Crippen LogP contribution in [-0.2, 0) is 5.41 Å². The van der Waals surface area contributed by atoms with Gasteiger partial charge in [0.1, 0.15) is 5.82 Å². The first-order valence-electron chi connectivity index (χ1n) is 5.23. The molecule has 2 heterocycles. The van der Waals surface area contributed by atoms with Gasteiger partial charge in [-0.3, -0.25) is 0 Å². The van der Waals surface area contributed by atoms with Crippen molar-refractivity contribution in [1.29, 1.82) is 0 Å². The van der Waals surface area contributed by atoms with Crippen molar-refractivity contribution in [2.75, 3.05) is 5.73 Å². The van der Waals surface area contributed by atoms with Crippen LogP contribution in [0.2, 0.25) is 0 Å². The number of imidazole rings is 1. The Balaban J connectivity index is 2.62. The van der Waals surface area contributed by atoms with Crippen molar-refractivity contribution < 1.29 is 0 Å². The number of anilines is 1. The maximum absolute atomic E-state index is 5.88. The molecule has 3 N–H and O–H groups in total. The summed E-state index contributed by atoms with van der Waals surface area (Å²) >= 11 is 3.43. The molecular formula is C11H14BrN5. The standard InChI is InChI=1S/C11H14BrN5/c1-11(2,3)7-6(12)8(13)17-10(16-7)9-14-4-5-15-9/h4-5H,1-3H3,(H,14,15)(H2,13,16,17). The molecule has 0 unspecified atom stereocenters. The largest absolute Gasteiger partial charge is 0.383 e. The fourth-order valence-corrected chi connectivity index (χ4v) is 2.23. The minimum atomic E-state index is -0.114. The third kappa shape index (κ3) is 2.31. The summed E-state index contributed by atoms with van der Waals surface area (Å²) in [6.07, 6.45) is 3.39. The Morgan fingerprint density at radius 3 is 2.53 bits per heavy atom. The van der Waals surface area contributed by atoms with Crippen LogP contribution in [0.4, 0.5) is 5.82 Å². The number of nitrogens with zero attached hydrogens (tertiary/aromatic N) is 3. The first-order chi connectivity index (χ1) is 7.89. The van der Waals surface area contributed by atoms with Crippen LogP contribution in [0.5, 0.6) is 0 Å². The van der Waals surface area contributed by atoms with Crippen LogP contribution < -0.4 is 5.73 Å². The van der Waals surface area contributed by atoms with Gasteiger partial charge in [-0.2, -0.15) is 0 Å². The van der Waals surface area contributed by atoms with Gasteiger partial charge in [0.15, 0.2) is 11.6 Å². The number of hydrogen-bond donors (Lipinski definition) is 2. The normalized spacial score (nSPS) is 11.8. The molecule has 17 heavy (non-hydrogen) atoms. The number of nitrogen functional groups attached to an aromatic ring is 1. The predicted molar refractivity (Wildman–Crippen MR) is 70.4 cm³/mol. The molecule has 0 atom stereocenters. The Morgan fingerprint density at radius 1 is 1.29 bits per heavy atom. The Hall–Kier alpha value is -1.43. The van der Waals surface area contributed by atoms with Crippen molar-refractivity contribution >= 4 is 21.7 Å².